The molecule has 0 spiro atoms. The summed E-state index contributed by atoms with van der Waals surface area (Å²) in [6, 6.07) is 22.3. The lowest BCUT2D eigenvalue weighted by molar-refractivity contribution is -0.674. The maximum absolute atomic E-state index is 10.7. The lowest BCUT2D eigenvalue weighted by atomic mass is 10.0. The summed E-state index contributed by atoms with van der Waals surface area (Å²) in [5, 5.41) is 5.23. The van der Waals surface area contributed by atoms with Gasteiger partial charge < -0.3 is 9.12 Å². The molecule has 0 bridgehead atoms. The summed E-state index contributed by atoms with van der Waals surface area (Å²) in [4.78, 5) is 0. The molecule has 0 saturated carbocycles. The summed E-state index contributed by atoms with van der Waals surface area (Å²) in [6.07, 6.45) is 4.24. The molecule has 5 rings (SSSR count). The maximum atomic E-state index is 10.7. The van der Waals surface area contributed by atoms with E-state index in [-0.39, 0.29) is 0 Å². The molecule has 198 valence electrons. The first-order chi connectivity index (χ1) is 17.9. The van der Waals surface area contributed by atoms with Crippen molar-refractivity contribution in [2.75, 3.05) is 0 Å². The standard InChI is InChI=1S/C28H27N2.CHF3O3S/c1-5-12-29-18-23-15-24-25-14-19(3)13-20(4)28(25)30(6-2)27(24)17-22(23)16-26(29)21-10-8-7-9-11-21;2-1(3,4)8(5,6)7/h5,7-11,13-18H,1,6,12H2,2-4H3;(H,5,6,7)/q+1;/p-1. The number of aromatic nitrogens is 2. The number of hydrogen-bond acceptors (Lipinski definition) is 3. The Labute approximate surface area is 219 Å². The first kappa shape index (κ1) is 27.3. The average Bonchev–Trinajstić information content (AvgIpc) is 3.15. The molecule has 2 aromatic heterocycles. The van der Waals surface area contributed by atoms with Gasteiger partial charge in [-0.05, 0) is 68.1 Å². The second-order valence-corrected chi connectivity index (χ2v) is 10.5. The van der Waals surface area contributed by atoms with E-state index in [1.165, 1.54) is 55.0 Å². The Morgan fingerprint density at radius 1 is 1.00 bits per heavy atom. The van der Waals surface area contributed by atoms with Gasteiger partial charge in [0.25, 0.3) is 0 Å². The Kier molecular flexibility index (Phi) is 7.36. The maximum Gasteiger partial charge on any atom is 0.485 e. The van der Waals surface area contributed by atoms with Crippen LogP contribution in [0.2, 0.25) is 0 Å². The normalized spacial score (nSPS) is 12.1. The van der Waals surface area contributed by atoms with Gasteiger partial charge in [-0.2, -0.15) is 17.7 Å². The van der Waals surface area contributed by atoms with Crippen molar-refractivity contribution in [3.63, 3.8) is 0 Å². The van der Waals surface area contributed by atoms with Crippen LogP contribution in [0.15, 0.2) is 79.5 Å². The monoisotopic (exact) mass is 540 g/mol. The van der Waals surface area contributed by atoms with Crippen LogP contribution in [0.4, 0.5) is 13.2 Å². The fourth-order valence-electron chi connectivity index (χ4n) is 4.89. The van der Waals surface area contributed by atoms with E-state index in [0.29, 0.717) is 0 Å². The van der Waals surface area contributed by atoms with E-state index in [1.807, 2.05) is 6.08 Å². The molecule has 2 heterocycles. The second kappa shape index (κ2) is 10.2. The van der Waals surface area contributed by atoms with Crippen LogP contribution in [0, 0.1) is 13.8 Å². The van der Waals surface area contributed by atoms with Crippen molar-refractivity contribution in [1.82, 2.24) is 4.57 Å². The van der Waals surface area contributed by atoms with E-state index in [0.717, 1.165) is 13.1 Å². The van der Waals surface area contributed by atoms with Crippen LogP contribution in [-0.4, -0.2) is 23.0 Å². The lowest BCUT2D eigenvalue weighted by Gasteiger charge is -2.08. The van der Waals surface area contributed by atoms with Gasteiger partial charge in [0, 0.05) is 39.8 Å². The van der Waals surface area contributed by atoms with Crippen molar-refractivity contribution in [1.29, 1.82) is 0 Å². The third-order valence-corrected chi connectivity index (χ3v) is 6.96. The largest absolute Gasteiger partial charge is 0.741 e. The molecule has 9 heteroatoms. The molecule has 3 aromatic carbocycles. The van der Waals surface area contributed by atoms with Crippen molar-refractivity contribution in [3.8, 4) is 11.3 Å². The molecular formula is C29H27F3N2O3S. The summed E-state index contributed by atoms with van der Waals surface area (Å²) in [5.74, 6) is 0. The fourth-order valence-corrected chi connectivity index (χ4v) is 4.89. The predicted octanol–water partition coefficient (Wildman–Crippen LogP) is 6.78. The van der Waals surface area contributed by atoms with Gasteiger partial charge >= 0.3 is 5.51 Å². The summed E-state index contributed by atoms with van der Waals surface area (Å²) in [6.45, 7) is 12.4. The van der Waals surface area contributed by atoms with E-state index >= 15 is 0 Å². The van der Waals surface area contributed by atoms with Crippen LogP contribution >= 0.6 is 0 Å². The number of hydrogen-bond donors (Lipinski definition) is 0. The van der Waals surface area contributed by atoms with Gasteiger partial charge in [0.05, 0.1) is 5.52 Å². The molecule has 0 radical (unpaired) electrons. The Morgan fingerprint density at radius 2 is 1.66 bits per heavy atom. The van der Waals surface area contributed by atoms with Crippen molar-refractivity contribution in [2.45, 2.75) is 39.4 Å². The van der Waals surface area contributed by atoms with Crippen LogP contribution in [0.3, 0.4) is 0 Å². The molecule has 0 aliphatic heterocycles. The lowest BCUT2D eigenvalue weighted by Crippen LogP contribution is -2.35. The van der Waals surface area contributed by atoms with E-state index in [9.17, 15) is 13.2 Å². The van der Waals surface area contributed by atoms with Gasteiger partial charge in [0.1, 0.15) is 0 Å². The zero-order valence-electron chi connectivity index (χ0n) is 21.2. The summed E-state index contributed by atoms with van der Waals surface area (Å²) in [5.41, 5.74) is 2.13. The molecule has 38 heavy (non-hydrogen) atoms. The molecule has 5 nitrogen and oxygen atoms in total. The molecular weight excluding hydrogens is 513 g/mol. The minimum atomic E-state index is -6.09. The first-order valence-electron chi connectivity index (χ1n) is 11.9. The molecule has 0 fully saturated rings. The fraction of sp³-hybridized carbons (Fsp3) is 0.207. The van der Waals surface area contributed by atoms with Crippen LogP contribution < -0.4 is 4.57 Å². The van der Waals surface area contributed by atoms with Crippen LogP contribution in [-0.2, 0) is 23.2 Å². The third kappa shape index (κ3) is 5.16. The van der Waals surface area contributed by atoms with Crippen LogP contribution in [0.5, 0.6) is 0 Å². The van der Waals surface area contributed by atoms with Crippen LogP contribution in [0.1, 0.15) is 18.1 Å². The molecule has 0 amide bonds. The van der Waals surface area contributed by atoms with E-state index in [1.54, 1.807) is 0 Å². The Morgan fingerprint density at radius 3 is 2.24 bits per heavy atom. The number of benzene rings is 3. The summed E-state index contributed by atoms with van der Waals surface area (Å²) < 4.78 is 63.7. The zero-order chi connectivity index (χ0) is 27.8. The van der Waals surface area contributed by atoms with E-state index in [4.69, 9.17) is 13.0 Å². The average molecular weight is 541 g/mol. The molecule has 0 saturated heterocycles. The third-order valence-electron chi connectivity index (χ3n) is 6.39. The predicted molar refractivity (Wildman–Crippen MR) is 144 cm³/mol. The number of rotatable bonds is 4. The number of alkyl halides is 3. The highest BCUT2D eigenvalue weighted by molar-refractivity contribution is 7.86. The Balaban J connectivity index is 0.000000368. The topological polar surface area (TPSA) is 66.0 Å². The SMILES string of the molecule is C=CC[n+]1cc2cc3c4cc(C)cc(C)c4n(CC)c3cc2cc1-c1ccccc1.O=S(=O)([O-])C(F)(F)F. The van der Waals surface area contributed by atoms with Gasteiger partial charge in [-0.1, -0.05) is 36.4 Å². The zero-order valence-corrected chi connectivity index (χ0v) is 22.0. The highest BCUT2D eigenvalue weighted by Gasteiger charge is 2.36. The van der Waals surface area contributed by atoms with Gasteiger partial charge in [-0.25, -0.2) is 8.42 Å². The Bertz CT molecular complexity index is 1770. The highest BCUT2D eigenvalue weighted by atomic mass is 32.2. The number of aryl methyl sites for hydroxylation is 3. The molecule has 5 aromatic rings. The first-order valence-corrected chi connectivity index (χ1v) is 13.4. The number of allylic oxidation sites excluding steroid dienone is 1. The van der Waals surface area contributed by atoms with Crippen molar-refractivity contribution in [2.24, 2.45) is 0 Å². The number of nitrogens with zero attached hydrogens (tertiary/aromatic N) is 2. The quantitative estimate of drug-likeness (QED) is 0.109. The summed E-state index contributed by atoms with van der Waals surface area (Å²) in [7, 11) is -6.09. The minimum Gasteiger partial charge on any atom is -0.741 e. The number of pyridine rings is 1. The van der Waals surface area contributed by atoms with Gasteiger partial charge in [0.15, 0.2) is 22.9 Å². The summed E-state index contributed by atoms with van der Waals surface area (Å²) >= 11 is 0. The highest BCUT2D eigenvalue weighted by Crippen LogP contribution is 2.35. The minimum absolute atomic E-state index is 0.785. The van der Waals surface area contributed by atoms with Crippen molar-refractivity contribution in [3.05, 3.63) is 90.6 Å². The van der Waals surface area contributed by atoms with Gasteiger partial charge in [0.2, 0.25) is 5.69 Å². The smallest absolute Gasteiger partial charge is 0.485 e. The second-order valence-electron chi connectivity index (χ2n) is 9.09. The van der Waals surface area contributed by atoms with Crippen molar-refractivity contribution < 1.29 is 30.7 Å². The van der Waals surface area contributed by atoms with Gasteiger partial charge in [-0.3, -0.25) is 0 Å². The van der Waals surface area contributed by atoms with Crippen molar-refractivity contribution >= 4 is 42.7 Å². The number of fused-ring (bicyclic) bond motifs is 4. The molecule has 0 unspecified atom stereocenters. The molecule has 0 aliphatic rings. The van der Waals surface area contributed by atoms with Crippen LogP contribution in [0.25, 0.3) is 43.8 Å². The molecule has 0 aliphatic carbocycles. The molecule has 0 N–H and O–H groups in total. The van der Waals surface area contributed by atoms with Gasteiger partial charge in [-0.15, -0.1) is 0 Å². The van der Waals surface area contributed by atoms with E-state index < -0.39 is 15.6 Å². The molecule has 0 atom stereocenters. The Hall–Kier alpha value is -3.69. The van der Waals surface area contributed by atoms with E-state index in [2.05, 4.69) is 103 Å². The number of halogens is 3.